The van der Waals surface area contributed by atoms with Crippen molar-refractivity contribution < 1.29 is 9.13 Å². The third-order valence-corrected chi connectivity index (χ3v) is 3.31. The number of hydrogen-bond acceptors (Lipinski definition) is 3. The highest BCUT2D eigenvalue weighted by Crippen LogP contribution is 2.22. The minimum absolute atomic E-state index is 0.193. The van der Waals surface area contributed by atoms with Crippen molar-refractivity contribution in [3.63, 3.8) is 0 Å². The first-order valence-corrected chi connectivity index (χ1v) is 5.92. The Hall–Kier alpha value is -1.13. The summed E-state index contributed by atoms with van der Waals surface area (Å²) in [4.78, 5) is 2.07. The van der Waals surface area contributed by atoms with Crippen LogP contribution in [-0.4, -0.2) is 32.3 Å². The monoisotopic (exact) mass is 238 g/mol. The molecule has 0 aliphatic carbocycles. The van der Waals surface area contributed by atoms with Gasteiger partial charge in [0, 0.05) is 38.0 Å². The predicted octanol–water partition coefficient (Wildman–Crippen LogP) is 1.77. The molecule has 2 rings (SSSR count). The topological polar surface area (TPSA) is 38.5 Å². The average molecular weight is 238 g/mol. The molecule has 1 fully saturated rings. The van der Waals surface area contributed by atoms with Crippen molar-refractivity contribution in [2.24, 2.45) is 5.73 Å². The molecule has 0 unspecified atom stereocenters. The van der Waals surface area contributed by atoms with E-state index in [0.717, 1.165) is 38.3 Å². The van der Waals surface area contributed by atoms with E-state index in [1.807, 2.05) is 7.05 Å². The lowest BCUT2D eigenvalue weighted by atomic mass is 9.91. The van der Waals surface area contributed by atoms with E-state index < -0.39 is 0 Å². The summed E-state index contributed by atoms with van der Waals surface area (Å²) in [5.41, 5.74) is 7.13. The van der Waals surface area contributed by atoms with Crippen molar-refractivity contribution in [2.75, 3.05) is 31.7 Å². The van der Waals surface area contributed by atoms with Gasteiger partial charge in [-0.1, -0.05) is 0 Å². The Balaban J connectivity index is 2.00. The first kappa shape index (κ1) is 12.3. The van der Waals surface area contributed by atoms with Crippen molar-refractivity contribution in [1.29, 1.82) is 0 Å². The number of likely N-dealkylation sites (N-methyl/N-ethyl adjacent to an activating group) is 1. The summed E-state index contributed by atoms with van der Waals surface area (Å²) < 4.78 is 18.1. The van der Waals surface area contributed by atoms with Gasteiger partial charge in [-0.15, -0.1) is 0 Å². The summed E-state index contributed by atoms with van der Waals surface area (Å²) in [6.07, 6.45) is 1.75. The van der Waals surface area contributed by atoms with E-state index >= 15 is 0 Å². The molecule has 1 aromatic rings. The fourth-order valence-corrected chi connectivity index (χ4v) is 2.20. The van der Waals surface area contributed by atoms with E-state index in [9.17, 15) is 4.39 Å². The molecule has 0 amide bonds. The zero-order chi connectivity index (χ0) is 12.3. The van der Waals surface area contributed by atoms with Gasteiger partial charge in [-0.05, 0) is 37.1 Å². The third-order valence-electron chi connectivity index (χ3n) is 3.31. The number of halogens is 1. The van der Waals surface area contributed by atoms with Crippen molar-refractivity contribution in [2.45, 2.75) is 18.4 Å². The van der Waals surface area contributed by atoms with Crippen LogP contribution in [0.25, 0.3) is 0 Å². The predicted molar refractivity (Wildman–Crippen MR) is 66.6 cm³/mol. The van der Waals surface area contributed by atoms with Crippen LogP contribution in [0.5, 0.6) is 0 Å². The van der Waals surface area contributed by atoms with Crippen LogP contribution in [-0.2, 0) is 4.74 Å². The van der Waals surface area contributed by atoms with Crippen LogP contribution < -0.4 is 10.6 Å². The minimum atomic E-state index is -0.212. The summed E-state index contributed by atoms with van der Waals surface area (Å²) >= 11 is 0. The zero-order valence-corrected chi connectivity index (χ0v) is 10.2. The Morgan fingerprint density at radius 1 is 1.29 bits per heavy atom. The van der Waals surface area contributed by atoms with Gasteiger partial charge in [-0.2, -0.15) is 0 Å². The van der Waals surface area contributed by atoms with Crippen LogP contribution >= 0.6 is 0 Å². The number of nitrogens with two attached hydrogens (primary N) is 1. The fourth-order valence-electron chi connectivity index (χ4n) is 2.20. The molecule has 94 valence electrons. The zero-order valence-electron chi connectivity index (χ0n) is 10.2. The van der Waals surface area contributed by atoms with Crippen molar-refractivity contribution in [3.05, 3.63) is 30.1 Å². The third kappa shape index (κ3) is 3.17. The van der Waals surface area contributed by atoms with Gasteiger partial charge in [-0.25, -0.2) is 4.39 Å². The number of ether oxygens (including phenoxy) is 1. The van der Waals surface area contributed by atoms with Gasteiger partial charge in [0.25, 0.3) is 0 Å². The Morgan fingerprint density at radius 3 is 2.47 bits per heavy atom. The van der Waals surface area contributed by atoms with Crippen LogP contribution in [0.3, 0.4) is 0 Å². The van der Waals surface area contributed by atoms with Gasteiger partial charge in [0.15, 0.2) is 0 Å². The molecule has 3 nitrogen and oxygen atoms in total. The number of hydrogen-bond donors (Lipinski definition) is 1. The van der Waals surface area contributed by atoms with Gasteiger partial charge in [0.05, 0.1) is 0 Å². The summed E-state index contributed by atoms with van der Waals surface area (Å²) in [7, 11) is 1.98. The molecule has 4 heteroatoms. The molecule has 0 bridgehead atoms. The van der Waals surface area contributed by atoms with Gasteiger partial charge in [-0.3, -0.25) is 0 Å². The number of nitrogens with zero attached hydrogens (tertiary/aromatic N) is 1. The number of rotatable bonds is 3. The highest BCUT2D eigenvalue weighted by molar-refractivity contribution is 5.45. The van der Waals surface area contributed by atoms with E-state index in [4.69, 9.17) is 10.5 Å². The van der Waals surface area contributed by atoms with Gasteiger partial charge < -0.3 is 15.4 Å². The minimum Gasteiger partial charge on any atom is -0.381 e. The smallest absolute Gasteiger partial charge is 0.123 e. The van der Waals surface area contributed by atoms with Crippen LogP contribution in [0.15, 0.2) is 24.3 Å². The molecule has 0 aromatic heterocycles. The molecular formula is C13H19FN2O. The van der Waals surface area contributed by atoms with E-state index in [1.54, 1.807) is 12.1 Å². The van der Waals surface area contributed by atoms with Gasteiger partial charge >= 0.3 is 0 Å². The second kappa shape index (κ2) is 5.02. The summed E-state index contributed by atoms with van der Waals surface area (Å²) in [6, 6.07) is 6.49. The van der Waals surface area contributed by atoms with E-state index in [0.29, 0.717) is 0 Å². The molecule has 0 atom stereocenters. The molecule has 2 N–H and O–H groups in total. The second-order valence-electron chi connectivity index (χ2n) is 4.81. The van der Waals surface area contributed by atoms with E-state index in [-0.39, 0.29) is 11.4 Å². The SMILES string of the molecule is CN(CC1(N)CCOCC1)c1ccc(F)cc1. The molecule has 0 spiro atoms. The summed E-state index contributed by atoms with van der Waals surface area (Å²) in [6.45, 7) is 2.23. The lowest BCUT2D eigenvalue weighted by Gasteiger charge is -2.37. The summed E-state index contributed by atoms with van der Waals surface area (Å²) in [5, 5.41) is 0. The molecule has 17 heavy (non-hydrogen) atoms. The molecule has 1 aliphatic heterocycles. The molecule has 1 heterocycles. The van der Waals surface area contributed by atoms with Crippen molar-refractivity contribution >= 4 is 5.69 Å². The van der Waals surface area contributed by atoms with Crippen molar-refractivity contribution in [1.82, 2.24) is 0 Å². The van der Waals surface area contributed by atoms with Gasteiger partial charge in [0.2, 0.25) is 0 Å². The number of anilines is 1. The molecule has 1 aliphatic rings. The molecule has 1 aromatic carbocycles. The Labute approximate surface area is 101 Å². The lowest BCUT2D eigenvalue weighted by molar-refractivity contribution is 0.0558. The first-order chi connectivity index (χ1) is 8.09. The van der Waals surface area contributed by atoms with E-state index in [1.165, 1.54) is 12.1 Å². The summed E-state index contributed by atoms with van der Waals surface area (Å²) in [5.74, 6) is -0.212. The molecule has 1 saturated heterocycles. The van der Waals surface area contributed by atoms with Gasteiger partial charge in [0.1, 0.15) is 5.82 Å². The number of benzene rings is 1. The molecule has 0 saturated carbocycles. The first-order valence-electron chi connectivity index (χ1n) is 5.92. The van der Waals surface area contributed by atoms with Crippen LogP contribution in [0.2, 0.25) is 0 Å². The fraction of sp³-hybridized carbons (Fsp3) is 0.538. The standard InChI is InChI=1S/C13H19FN2O/c1-16(12-4-2-11(14)3-5-12)10-13(15)6-8-17-9-7-13/h2-5H,6-10,15H2,1H3. The lowest BCUT2D eigenvalue weighted by Crippen LogP contribution is -2.52. The average Bonchev–Trinajstić information content (AvgIpc) is 2.30. The maximum absolute atomic E-state index is 12.8. The normalized spacial score (nSPS) is 19.0. The maximum Gasteiger partial charge on any atom is 0.123 e. The maximum atomic E-state index is 12.8. The Kier molecular flexibility index (Phi) is 3.64. The molecule has 0 radical (unpaired) electrons. The Morgan fingerprint density at radius 2 is 1.88 bits per heavy atom. The second-order valence-corrected chi connectivity index (χ2v) is 4.81. The van der Waals surface area contributed by atoms with Crippen LogP contribution in [0.4, 0.5) is 10.1 Å². The quantitative estimate of drug-likeness (QED) is 0.872. The van der Waals surface area contributed by atoms with E-state index in [2.05, 4.69) is 4.90 Å². The molecular weight excluding hydrogens is 219 g/mol. The van der Waals surface area contributed by atoms with Crippen molar-refractivity contribution in [3.8, 4) is 0 Å². The highest BCUT2D eigenvalue weighted by atomic mass is 19.1. The van der Waals surface area contributed by atoms with Crippen LogP contribution in [0.1, 0.15) is 12.8 Å². The van der Waals surface area contributed by atoms with Crippen LogP contribution in [0, 0.1) is 5.82 Å². The largest absolute Gasteiger partial charge is 0.381 e. The Bertz CT molecular complexity index is 360. The highest BCUT2D eigenvalue weighted by Gasteiger charge is 2.29.